The molecule has 3 aliphatic rings. The maximum Gasteiger partial charge on any atom is 0.405 e. The second-order valence-electron chi connectivity index (χ2n) is 16.2. The highest BCUT2D eigenvalue weighted by atomic mass is 19.4. The van der Waals surface area contributed by atoms with Crippen molar-refractivity contribution in [1.82, 2.24) is 30.0 Å². The molecule has 16 heteroatoms. The Morgan fingerprint density at radius 1 is 1.03 bits per heavy atom. The lowest BCUT2D eigenvalue weighted by molar-refractivity contribution is -0.153. The van der Waals surface area contributed by atoms with Crippen LogP contribution >= 0.6 is 0 Å². The number of benzene rings is 2. The van der Waals surface area contributed by atoms with Crippen LogP contribution in [0.1, 0.15) is 57.2 Å². The van der Waals surface area contributed by atoms with E-state index in [9.17, 15) is 32.3 Å². The minimum Gasteiger partial charge on any atom is -0.490 e. The summed E-state index contributed by atoms with van der Waals surface area (Å²) in [5, 5.41) is 13.8. The van der Waals surface area contributed by atoms with Gasteiger partial charge in [0, 0.05) is 49.4 Å². The van der Waals surface area contributed by atoms with Gasteiger partial charge in [0.1, 0.15) is 42.6 Å². The summed E-state index contributed by atoms with van der Waals surface area (Å²) in [4.78, 5) is 42.1. The molecule has 5 heterocycles. The molecule has 12 nitrogen and oxygen atoms in total. The molecule has 4 aromatic rings. The minimum absolute atomic E-state index is 0.00642. The number of alkyl halides is 3. The topological polar surface area (TPSA) is 134 Å². The molecule has 2 fully saturated rings. The quantitative estimate of drug-likeness (QED) is 0.177. The molecule has 2 saturated heterocycles. The number of piperazine rings is 1. The molecule has 58 heavy (non-hydrogen) atoms. The first-order valence-electron chi connectivity index (χ1n) is 19.4. The lowest BCUT2D eigenvalue weighted by atomic mass is 9.89. The van der Waals surface area contributed by atoms with Crippen molar-refractivity contribution in [3.63, 3.8) is 0 Å². The molecular formula is C42H48F4N6O6. The predicted octanol–water partition coefficient (Wildman–Crippen LogP) is 5.48. The number of amides is 2. The molecule has 2 aromatic carbocycles. The fourth-order valence-corrected chi connectivity index (χ4v) is 8.40. The summed E-state index contributed by atoms with van der Waals surface area (Å²) >= 11 is 0. The molecule has 3 aliphatic heterocycles. The number of oxazole rings is 1. The molecule has 5 atom stereocenters. The van der Waals surface area contributed by atoms with Gasteiger partial charge in [-0.3, -0.25) is 24.4 Å². The maximum atomic E-state index is 14.9. The zero-order chi connectivity index (χ0) is 41.4. The number of carbonyl (C=O) groups excluding carboxylic acids is 2. The smallest absolute Gasteiger partial charge is 0.405 e. The number of fused-ring (bicyclic) bond motifs is 3. The first-order valence-corrected chi connectivity index (χ1v) is 19.4. The summed E-state index contributed by atoms with van der Waals surface area (Å²) in [6.07, 6.45) is -1.94. The van der Waals surface area contributed by atoms with E-state index in [1.54, 1.807) is 9.80 Å². The van der Waals surface area contributed by atoms with Gasteiger partial charge in [-0.2, -0.15) is 13.2 Å². The number of aromatic nitrogens is 2. The Bertz CT molecular complexity index is 2080. The number of pyridine rings is 1. The Balaban J connectivity index is 1.12. The lowest BCUT2D eigenvalue weighted by Gasteiger charge is -2.46. The molecule has 0 spiro atoms. The Morgan fingerprint density at radius 2 is 1.78 bits per heavy atom. The fraction of sp³-hybridized carbons (Fsp3) is 0.476. The van der Waals surface area contributed by atoms with Gasteiger partial charge in [-0.15, -0.1) is 0 Å². The van der Waals surface area contributed by atoms with Gasteiger partial charge in [0.05, 0.1) is 30.1 Å². The van der Waals surface area contributed by atoms with Crippen molar-refractivity contribution in [3.05, 3.63) is 102 Å². The third-order valence-corrected chi connectivity index (χ3v) is 11.3. The molecule has 7 rings (SSSR count). The van der Waals surface area contributed by atoms with Gasteiger partial charge >= 0.3 is 6.18 Å². The van der Waals surface area contributed by atoms with Crippen LogP contribution in [-0.2, 0) is 26.3 Å². The van der Waals surface area contributed by atoms with E-state index in [1.807, 2.05) is 92.5 Å². The number of aliphatic hydroxyl groups excluding tert-OH is 1. The summed E-state index contributed by atoms with van der Waals surface area (Å²) in [7, 11) is 0. The molecule has 2 aromatic heterocycles. The molecule has 0 aliphatic carbocycles. The van der Waals surface area contributed by atoms with Crippen LogP contribution < -0.4 is 10.1 Å². The van der Waals surface area contributed by atoms with Crippen molar-refractivity contribution in [1.29, 1.82) is 0 Å². The van der Waals surface area contributed by atoms with Gasteiger partial charge in [0.25, 0.3) is 0 Å². The zero-order valence-electron chi connectivity index (χ0n) is 32.8. The maximum absolute atomic E-state index is 14.9. The monoisotopic (exact) mass is 808 g/mol. The first-order chi connectivity index (χ1) is 27.5. The number of nitrogens with zero attached hydrogens (tertiary/aromatic N) is 5. The average Bonchev–Trinajstić information content (AvgIpc) is 3.79. The minimum atomic E-state index is -4.64. The molecule has 0 saturated carbocycles. The van der Waals surface area contributed by atoms with Gasteiger partial charge in [-0.05, 0) is 58.2 Å². The Labute approximate surface area is 334 Å². The van der Waals surface area contributed by atoms with Crippen molar-refractivity contribution < 1.29 is 46.1 Å². The van der Waals surface area contributed by atoms with E-state index in [1.165, 1.54) is 18.5 Å². The van der Waals surface area contributed by atoms with E-state index in [0.29, 0.717) is 24.3 Å². The van der Waals surface area contributed by atoms with Crippen molar-refractivity contribution in [2.24, 2.45) is 5.92 Å². The average molecular weight is 809 g/mol. The summed E-state index contributed by atoms with van der Waals surface area (Å²) in [5.74, 6) is -1.16. The summed E-state index contributed by atoms with van der Waals surface area (Å²) in [5.41, 5.74) is 0.135. The van der Waals surface area contributed by atoms with E-state index >= 15 is 0 Å². The highest BCUT2D eigenvalue weighted by Crippen LogP contribution is 2.48. The predicted molar refractivity (Wildman–Crippen MR) is 203 cm³/mol. The van der Waals surface area contributed by atoms with E-state index in [4.69, 9.17) is 13.9 Å². The highest BCUT2D eigenvalue weighted by Gasteiger charge is 2.54. The third-order valence-electron chi connectivity index (χ3n) is 11.3. The van der Waals surface area contributed by atoms with Crippen LogP contribution in [0, 0.1) is 11.7 Å². The van der Waals surface area contributed by atoms with Crippen molar-refractivity contribution >= 4 is 11.8 Å². The van der Waals surface area contributed by atoms with Crippen LogP contribution in [0.4, 0.5) is 17.6 Å². The van der Waals surface area contributed by atoms with Crippen molar-refractivity contribution in [2.75, 3.05) is 39.3 Å². The Hall–Kier alpha value is -4.90. The van der Waals surface area contributed by atoms with Gasteiger partial charge in [0.2, 0.25) is 17.7 Å². The number of rotatable bonds is 12. The number of para-hydroxylation sites is 1. The number of carbonyl (C=O) groups is 2. The largest absolute Gasteiger partial charge is 0.490 e. The lowest BCUT2D eigenvalue weighted by Crippen LogP contribution is -2.63. The summed E-state index contributed by atoms with van der Waals surface area (Å²) < 4.78 is 72.3. The van der Waals surface area contributed by atoms with E-state index in [0.717, 1.165) is 17.3 Å². The summed E-state index contributed by atoms with van der Waals surface area (Å²) in [6, 6.07) is 16.7. The van der Waals surface area contributed by atoms with Crippen LogP contribution in [0.25, 0.3) is 11.3 Å². The molecule has 2 N–H and O–H groups in total. The van der Waals surface area contributed by atoms with Gasteiger partial charge in [-0.25, -0.2) is 9.37 Å². The number of β-amino-alcohol motifs (C(OH)–C–C–N with tert-alkyl or cyclic N) is 1. The molecular weight excluding hydrogens is 760 g/mol. The second kappa shape index (κ2) is 16.4. The van der Waals surface area contributed by atoms with E-state index in [-0.39, 0.29) is 50.2 Å². The van der Waals surface area contributed by atoms with Crippen LogP contribution in [0.5, 0.6) is 5.75 Å². The van der Waals surface area contributed by atoms with Crippen molar-refractivity contribution in [3.8, 4) is 17.1 Å². The number of hydrogen-bond donors (Lipinski definition) is 2. The standard InChI is InChI=1S/C42H48F4N6O6/c1-40(2,39-48-21-34(57-39)28-17-29(43)20-47-19-28)51-15-14-50(32(23-51)37(54)49-25-42(44,45)46)22-30(53)18-27(16-26-10-6-5-7-11-26)38(55)52-36-31-12-8-9-13-33(31)56-24-35(36)58-41(52,3)4/h5-13,17,19-21,27,30,32,35-36,53H,14-16,18,22-25H2,1-4H3,(H,49,54)/t27-,30+,32+,35-,36+/m1/s1. The van der Waals surface area contributed by atoms with Crippen LogP contribution in [0.3, 0.4) is 0 Å². The molecule has 0 radical (unpaired) electrons. The van der Waals surface area contributed by atoms with Crippen LogP contribution in [0.2, 0.25) is 0 Å². The van der Waals surface area contributed by atoms with Gasteiger partial charge in [0.15, 0.2) is 5.76 Å². The second-order valence-corrected chi connectivity index (χ2v) is 16.2. The first kappa shape index (κ1) is 41.3. The number of aliphatic hydroxyl groups is 1. The van der Waals surface area contributed by atoms with E-state index < -0.39 is 65.9 Å². The molecule has 0 unspecified atom stereocenters. The number of hydrogen-bond acceptors (Lipinski definition) is 10. The molecule has 2 amide bonds. The Morgan fingerprint density at radius 3 is 2.52 bits per heavy atom. The summed E-state index contributed by atoms with van der Waals surface area (Å²) in [6.45, 7) is 6.45. The molecule has 0 bridgehead atoms. The van der Waals surface area contributed by atoms with Crippen LogP contribution in [-0.4, -0.2) is 111 Å². The zero-order valence-corrected chi connectivity index (χ0v) is 32.8. The van der Waals surface area contributed by atoms with Crippen molar-refractivity contribution in [2.45, 2.75) is 82.3 Å². The van der Waals surface area contributed by atoms with Gasteiger partial charge in [-0.1, -0.05) is 48.5 Å². The van der Waals surface area contributed by atoms with Crippen LogP contribution in [0.15, 0.2) is 83.7 Å². The van der Waals surface area contributed by atoms with Gasteiger partial charge < -0.3 is 29.2 Å². The number of ether oxygens (including phenoxy) is 2. The van der Waals surface area contributed by atoms with E-state index in [2.05, 4.69) is 9.97 Å². The third kappa shape index (κ3) is 8.89. The highest BCUT2D eigenvalue weighted by molar-refractivity contribution is 5.82. The number of halogens is 4. The normalized spacial score (nSPS) is 22.1. The fourth-order valence-electron chi connectivity index (χ4n) is 8.40. The molecule has 310 valence electrons. The SMILES string of the molecule is CC1(C)O[C@@H]2COc3ccccc3[C@@H]2N1C(=O)[C@H](Cc1ccccc1)C[C@H](O)CN1CCN(C(C)(C)c2ncc(-c3cncc(F)c3)o2)C[C@H]1C(=O)NCC(F)(F)F. The Kier molecular flexibility index (Phi) is 11.7. The number of nitrogens with one attached hydrogen (secondary N) is 1.